The standard InChI is InChI=1S/C13H17N5OS3/c1-7(11-16-8-4-2-3-5-9(8)21-11)15-10(19)6-20-13-18-17-12(14)22-13/h7H,2-6H2,1H3,(H2,14,17)(H,15,19)/t7-/m1/s1. The zero-order chi connectivity index (χ0) is 15.5. The van der Waals surface area contributed by atoms with Crippen molar-refractivity contribution in [3.05, 3.63) is 15.6 Å². The van der Waals surface area contributed by atoms with Crippen LogP contribution in [0.5, 0.6) is 0 Å². The summed E-state index contributed by atoms with van der Waals surface area (Å²) in [5.41, 5.74) is 6.74. The van der Waals surface area contributed by atoms with Crippen molar-refractivity contribution in [2.75, 3.05) is 11.5 Å². The van der Waals surface area contributed by atoms with E-state index in [0.29, 0.717) is 15.2 Å². The van der Waals surface area contributed by atoms with Gasteiger partial charge in [0.25, 0.3) is 0 Å². The first-order valence-corrected chi connectivity index (χ1v) is 9.73. The van der Waals surface area contributed by atoms with Crippen LogP contribution >= 0.6 is 34.4 Å². The number of thiazole rings is 1. The lowest BCUT2D eigenvalue weighted by molar-refractivity contribution is -0.119. The molecule has 6 nitrogen and oxygen atoms in total. The molecule has 22 heavy (non-hydrogen) atoms. The van der Waals surface area contributed by atoms with Crippen LogP contribution in [-0.4, -0.2) is 26.8 Å². The highest BCUT2D eigenvalue weighted by Gasteiger charge is 2.19. The van der Waals surface area contributed by atoms with E-state index < -0.39 is 0 Å². The number of nitrogens with two attached hydrogens (primary N) is 1. The number of aryl methyl sites for hydroxylation is 2. The molecule has 3 N–H and O–H groups in total. The van der Waals surface area contributed by atoms with Crippen molar-refractivity contribution >= 4 is 45.5 Å². The molecule has 2 heterocycles. The molecule has 0 saturated heterocycles. The summed E-state index contributed by atoms with van der Waals surface area (Å²) in [6.07, 6.45) is 4.67. The Balaban J connectivity index is 1.53. The van der Waals surface area contributed by atoms with Crippen LogP contribution < -0.4 is 11.1 Å². The van der Waals surface area contributed by atoms with Gasteiger partial charge in [0.05, 0.1) is 17.5 Å². The van der Waals surface area contributed by atoms with Crippen molar-refractivity contribution in [3.63, 3.8) is 0 Å². The van der Waals surface area contributed by atoms with Gasteiger partial charge in [-0.3, -0.25) is 4.79 Å². The second kappa shape index (κ2) is 6.93. The SMILES string of the molecule is C[C@@H](NC(=O)CSc1nnc(N)s1)c1nc2c(s1)CCCC2. The lowest BCUT2D eigenvalue weighted by Gasteiger charge is -2.10. The Morgan fingerprint density at radius 3 is 2.91 bits per heavy atom. The Hall–Kier alpha value is -1.19. The Morgan fingerprint density at radius 2 is 2.18 bits per heavy atom. The number of thioether (sulfide) groups is 1. The van der Waals surface area contributed by atoms with Crippen molar-refractivity contribution in [2.24, 2.45) is 0 Å². The number of fused-ring (bicyclic) bond motifs is 1. The molecule has 0 aliphatic heterocycles. The summed E-state index contributed by atoms with van der Waals surface area (Å²) >= 11 is 4.37. The van der Waals surface area contributed by atoms with E-state index in [9.17, 15) is 4.79 Å². The fourth-order valence-corrected chi connectivity index (χ4v) is 4.91. The number of hydrogen-bond donors (Lipinski definition) is 2. The van der Waals surface area contributed by atoms with Gasteiger partial charge in [-0.25, -0.2) is 4.98 Å². The molecule has 1 atom stereocenters. The number of amides is 1. The van der Waals surface area contributed by atoms with Gasteiger partial charge in [-0.2, -0.15) is 0 Å². The van der Waals surface area contributed by atoms with Crippen LogP contribution in [0.3, 0.4) is 0 Å². The second-order valence-corrected chi connectivity index (χ2v) is 8.46. The third-order valence-electron chi connectivity index (χ3n) is 3.36. The first-order valence-electron chi connectivity index (χ1n) is 7.11. The zero-order valence-corrected chi connectivity index (χ0v) is 14.6. The highest BCUT2D eigenvalue weighted by molar-refractivity contribution is 8.01. The Kier molecular flexibility index (Phi) is 4.94. The largest absolute Gasteiger partial charge is 0.374 e. The summed E-state index contributed by atoms with van der Waals surface area (Å²) in [7, 11) is 0. The van der Waals surface area contributed by atoms with Gasteiger partial charge in [0.15, 0.2) is 4.34 Å². The number of nitrogen functional groups attached to an aromatic ring is 1. The topological polar surface area (TPSA) is 93.8 Å². The third-order valence-corrected chi connectivity index (χ3v) is 6.58. The van der Waals surface area contributed by atoms with Crippen LogP contribution in [0.1, 0.15) is 41.4 Å². The van der Waals surface area contributed by atoms with Crippen LogP contribution in [0.4, 0.5) is 5.13 Å². The van der Waals surface area contributed by atoms with Crippen molar-refractivity contribution in [1.82, 2.24) is 20.5 Å². The number of hydrogen-bond acceptors (Lipinski definition) is 8. The number of anilines is 1. The van der Waals surface area contributed by atoms with E-state index in [-0.39, 0.29) is 11.9 Å². The van der Waals surface area contributed by atoms with Crippen LogP contribution in [0.25, 0.3) is 0 Å². The van der Waals surface area contributed by atoms with Gasteiger partial charge in [-0.05, 0) is 32.6 Å². The molecule has 2 aromatic rings. The number of nitrogens with one attached hydrogen (secondary N) is 1. The zero-order valence-electron chi connectivity index (χ0n) is 12.2. The molecule has 1 aliphatic rings. The van der Waals surface area contributed by atoms with Gasteiger partial charge in [-0.15, -0.1) is 21.5 Å². The molecule has 3 rings (SSSR count). The van der Waals surface area contributed by atoms with Gasteiger partial charge in [0, 0.05) is 4.88 Å². The molecule has 1 aliphatic carbocycles. The number of nitrogens with zero attached hydrogens (tertiary/aromatic N) is 3. The predicted octanol–water partition coefficient (Wildman–Crippen LogP) is 2.43. The molecule has 9 heteroatoms. The Morgan fingerprint density at radius 1 is 1.36 bits per heavy atom. The minimum Gasteiger partial charge on any atom is -0.374 e. The van der Waals surface area contributed by atoms with E-state index in [1.54, 1.807) is 11.3 Å². The molecule has 118 valence electrons. The van der Waals surface area contributed by atoms with Gasteiger partial charge < -0.3 is 11.1 Å². The molecule has 2 aromatic heterocycles. The summed E-state index contributed by atoms with van der Waals surface area (Å²) in [5, 5.41) is 12.0. The van der Waals surface area contributed by atoms with Gasteiger partial charge >= 0.3 is 0 Å². The Labute approximate surface area is 140 Å². The molecule has 0 unspecified atom stereocenters. The fourth-order valence-electron chi connectivity index (χ4n) is 2.31. The molecular weight excluding hydrogens is 338 g/mol. The highest BCUT2D eigenvalue weighted by atomic mass is 32.2. The maximum Gasteiger partial charge on any atom is 0.231 e. The van der Waals surface area contributed by atoms with Crippen molar-refractivity contribution in [3.8, 4) is 0 Å². The van der Waals surface area contributed by atoms with E-state index in [2.05, 4.69) is 20.5 Å². The minimum atomic E-state index is -0.0526. The van der Waals surface area contributed by atoms with E-state index in [0.717, 1.165) is 17.8 Å². The summed E-state index contributed by atoms with van der Waals surface area (Å²) in [6, 6.07) is -0.0526. The second-order valence-electron chi connectivity index (χ2n) is 5.11. The molecular formula is C13H17N5OS3. The van der Waals surface area contributed by atoms with Crippen LogP contribution in [-0.2, 0) is 17.6 Å². The van der Waals surface area contributed by atoms with Crippen molar-refractivity contribution < 1.29 is 4.79 Å². The first-order chi connectivity index (χ1) is 10.6. The van der Waals surface area contributed by atoms with Gasteiger partial charge in [0.1, 0.15) is 5.01 Å². The normalized spacial score (nSPS) is 15.3. The van der Waals surface area contributed by atoms with Crippen LogP contribution in [0.15, 0.2) is 4.34 Å². The lowest BCUT2D eigenvalue weighted by Crippen LogP contribution is -2.28. The predicted molar refractivity (Wildman–Crippen MR) is 90.4 cm³/mol. The smallest absolute Gasteiger partial charge is 0.231 e. The van der Waals surface area contributed by atoms with Gasteiger partial charge in [-0.1, -0.05) is 23.1 Å². The van der Waals surface area contributed by atoms with E-state index >= 15 is 0 Å². The molecule has 0 bridgehead atoms. The Bertz CT molecular complexity index is 645. The number of carbonyl (C=O) groups excluding carboxylic acids is 1. The van der Waals surface area contributed by atoms with E-state index in [4.69, 9.17) is 5.73 Å². The number of rotatable bonds is 5. The molecule has 0 aromatic carbocycles. The molecule has 0 fully saturated rings. The highest BCUT2D eigenvalue weighted by Crippen LogP contribution is 2.30. The molecule has 0 spiro atoms. The average molecular weight is 356 g/mol. The minimum absolute atomic E-state index is 0.0283. The number of carbonyl (C=O) groups is 1. The number of aromatic nitrogens is 3. The van der Waals surface area contributed by atoms with E-state index in [1.807, 2.05) is 6.92 Å². The van der Waals surface area contributed by atoms with Crippen LogP contribution in [0, 0.1) is 0 Å². The average Bonchev–Trinajstić information content (AvgIpc) is 3.11. The first kappa shape index (κ1) is 15.7. The maximum absolute atomic E-state index is 12.0. The van der Waals surface area contributed by atoms with Gasteiger partial charge in [0.2, 0.25) is 11.0 Å². The summed E-state index contributed by atoms with van der Waals surface area (Å²) in [6.45, 7) is 1.98. The summed E-state index contributed by atoms with van der Waals surface area (Å²) in [5.74, 6) is 0.281. The van der Waals surface area contributed by atoms with Crippen molar-refractivity contribution in [1.29, 1.82) is 0 Å². The third kappa shape index (κ3) is 3.76. The van der Waals surface area contributed by atoms with Crippen molar-refractivity contribution in [2.45, 2.75) is 43.0 Å². The fraction of sp³-hybridized carbons (Fsp3) is 0.538. The quantitative estimate of drug-likeness (QED) is 0.800. The monoisotopic (exact) mass is 355 g/mol. The summed E-state index contributed by atoms with van der Waals surface area (Å²) in [4.78, 5) is 18.1. The van der Waals surface area contributed by atoms with E-state index in [1.165, 1.54) is 46.5 Å². The molecule has 0 radical (unpaired) electrons. The summed E-state index contributed by atoms with van der Waals surface area (Å²) < 4.78 is 0.713. The lowest BCUT2D eigenvalue weighted by atomic mass is 10.0. The molecule has 0 saturated carbocycles. The molecule has 1 amide bonds. The maximum atomic E-state index is 12.0. The van der Waals surface area contributed by atoms with Crippen LogP contribution in [0.2, 0.25) is 0 Å².